The SMILES string of the molecule is Cc1ccc(-c2cccc3ccc4cccnc4c23)cc1C. The Kier molecular flexibility index (Phi) is 2.93. The van der Waals surface area contributed by atoms with Gasteiger partial charge in [0.15, 0.2) is 0 Å². The van der Waals surface area contributed by atoms with E-state index in [1.165, 1.54) is 38.4 Å². The van der Waals surface area contributed by atoms with E-state index in [9.17, 15) is 0 Å². The molecule has 0 aliphatic heterocycles. The standard InChI is InChI=1S/C21H17N/c1-14-8-9-18(13-15(14)2)19-7-3-5-16-10-11-17-6-4-12-22-21(17)20(16)19/h3-13H,1-2H3. The van der Waals surface area contributed by atoms with E-state index in [0.717, 1.165) is 5.52 Å². The smallest absolute Gasteiger partial charge is 0.0786 e. The van der Waals surface area contributed by atoms with Gasteiger partial charge in [-0.1, -0.05) is 54.6 Å². The highest BCUT2D eigenvalue weighted by molar-refractivity contribution is 6.12. The van der Waals surface area contributed by atoms with Crippen LogP contribution in [-0.4, -0.2) is 4.98 Å². The van der Waals surface area contributed by atoms with Crippen LogP contribution in [-0.2, 0) is 0 Å². The van der Waals surface area contributed by atoms with E-state index in [1.54, 1.807) is 0 Å². The maximum absolute atomic E-state index is 4.64. The maximum atomic E-state index is 4.64. The van der Waals surface area contributed by atoms with E-state index in [-0.39, 0.29) is 0 Å². The van der Waals surface area contributed by atoms with Crippen molar-refractivity contribution >= 4 is 21.7 Å². The van der Waals surface area contributed by atoms with Gasteiger partial charge < -0.3 is 0 Å². The van der Waals surface area contributed by atoms with Gasteiger partial charge in [-0.2, -0.15) is 0 Å². The lowest BCUT2D eigenvalue weighted by Gasteiger charge is -2.11. The lowest BCUT2D eigenvalue weighted by molar-refractivity contribution is 1.34. The van der Waals surface area contributed by atoms with Gasteiger partial charge in [-0.05, 0) is 47.6 Å². The third-order valence-electron chi connectivity index (χ3n) is 4.43. The number of pyridine rings is 1. The highest BCUT2D eigenvalue weighted by Crippen LogP contribution is 2.34. The van der Waals surface area contributed by atoms with Crippen LogP contribution in [0.3, 0.4) is 0 Å². The normalized spacial score (nSPS) is 11.2. The van der Waals surface area contributed by atoms with Crippen LogP contribution in [0, 0.1) is 13.8 Å². The summed E-state index contributed by atoms with van der Waals surface area (Å²) in [6.45, 7) is 4.32. The van der Waals surface area contributed by atoms with Crippen LogP contribution >= 0.6 is 0 Å². The first-order valence-electron chi connectivity index (χ1n) is 7.58. The number of hydrogen-bond acceptors (Lipinski definition) is 1. The molecule has 106 valence electrons. The summed E-state index contributed by atoms with van der Waals surface area (Å²) in [4.78, 5) is 4.64. The quantitative estimate of drug-likeness (QED) is 0.410. The molecule has 4 aromatic rings. The summed E-state index contributed by atoms with van der Waals surface area (Å²) in [7, 11) is 0. The summed E-state index contributed by atoms with van der Waals surface area (Å²) in [5, 5.41) is 3.66. The molecule has 1 aromatic heterocycles. The van der Waals surface area contributed by atoms with Crippen LogP contribution in [0.4, 0.5) is 0 Å². The lowest BCUT2D eigenvalue weighted by Crippen LogP contribution is -1.88. The van der Waals surface area contributed by atoms with E-state index in [2.05, 4.69) is 73.4 Å². The fraction of sp³-hybridized carbons (Fsp3) is 0.0952. The molecule has 3 aromatic carbocycles. The summed E-state index contributed by atoms with van der Waals surface area (Å²) in [5.41, 5.74) is 6.24. The molecule has 0 spiro atoms. The average molecular weight is 283 g/mol. The lowest BCUT2D eigenvalue weighted by atomic mass is 9.94. The maximum Gasteiger partial charge on any atom is 0.0786 e. The fourth-order valence-corrected chi connectivity index (χ4v) is 3.06. The molecule has 4 rings (SSSR count). The van der Waals surface area contributed by atoms with Gasteiger partial charge in [0.2, 0.25) is 0 Å². The topological polar surface area (TPSA) is 12.9 Å². The summed E-state index contributed by atoms with van der Waals surface area (Å²) in [6.07, 6.45) is 1.87. The predicted molar refractivity (Wildman–Crippen MR) is 94.2 cm³/mol. The molecule has 0 aliphatic rings. The Morgan fingerprint density at radius 2 is 1.55 bits per heavy atom. The molecule has 0 N–H and O–H groups in total. The second-order valence-electron chi connectivity index (χ2n) is 5.84. The zero-order chi connectivity index (χ0) is 15.1. The van der Waals surface area contributed by atoms with E-state index in [1.807, 2.05) is 12.3 Å². The van der Waals surface area contributed by atoms with Gasteiger partial charge in [-0.3, -0.25) is 4.98 Å². The number of fused-ring (bicyclic) bond motifs is 3. The molecule has 1 nitrogen and oxygen atoms in total. The monoisotopic (exact) mass is 283 g/mol. The largest absolute Gasteiger partial charge is 0.256 e. The minimum absolute atomic E-state index is 1.08. The van der Waals surface area contributed by atoms with Gasteiger partial charge in [-0.25, -0.2) is 0 Å². The molecule has 1 heteroatoms. The second kappa shape index (κ2) is 4.96. The first kappa shape index (κ1) is 13.0. The number of hydrogen-bond donors (Lipinski definition) is 0. The van der Waals surface area contributed by atoms with Crippen molar-refractivity contribution in [3.05, 3.63) is 78.0 Å². The molecule has 0 radical (unpaired) electrons. The third-order valence-corrected chi connectivity index (χ3v) is 4.43. The predicted octanol–water partition coefficient (Wildman–Crippen LogP) is 5.67. The first-order chi connectivity index (χ1) is 10.7. The van der Waals surface area contributed by atoms with Gasteiger partial charge in [0.05, 0.1) is 5.52 Å². The molecule has 0 amide bonds. The van der Waals surface area contributed by atoms with E-state index < -0.39 is 0 Å². The molecule has 22 heavy (non-hydrogen) atoms. The van der Waals surface area contributed by atoms with Crippen molar-refractivity contribution in [2.45, 2.75) is 13.8 Å². The molecule has 0 bridgehead atoms. The van der Waals surface area contributed by atoms with E-state index >= 15 is 0 Å². The van der Waals surface area contributed by atoms with Crippen molar-refractivity contribution < 1.29 is 0 Å². The van der Waals surface area contributed by atoms with Gasteiger partial charge >= 0.3 is 0 Å². The van der Waals surface area contributed by atoms with E-state index in [0.29, 0.717) is 0 Å². The van der Waals surface area contributed by atoms with Crippen LogP contribution in [0.15, 0.2) is 66.9 Å². The van der Waals surface area contributed by atoms with Gasteiger partial charge in [0, 0.05) is 17.0 Å². The fourth-order valence-electron chi connectivity index (χ4n) is 3.06. The summed E-state index contributed by atoms with van der Waals surface area (Å²) in [6, 6.07) is 21.6. The van der Waals surface area contributed by atoms with Gasteiger partial charge in [0.25, 0.3) is 0 Å². The van der Waals surface area contributed by atoms with Crippen molar-refractivity contribution in [2.75, 3.05) is 0 Å². The van der Waals surface area contributed by atoms with Crippen molar-refractivity contribution in [3.63, 3.8) is 0 Å². The Hall–Kier alpha value is -2.67. The van der Waals surface area contributed by atoms with Crippen LogP contribution < -0.4 is 0 Å². The van der Waals surface area contributed by atoms with Crippen LogP contribution in [0.5, 0.6) is 0 Å². The van der Waals surface area contributed by atoms with Crippen molar-refractivity contribution in [1.82, 2.24) is 4.98 Å². The van der Waals surface area contributed by atoms with Crippen LogP contribution in [0.1, 0.15) is 11.1 Å². The summed E-state index contributed by atoms with van der Waals surface area (Å²) in [5.74, 6) is 0. The van der Waals surface area contributed by atoms with Crippen molar-refractivity contribution in [1.29, 1.82) is 0 Å². The van der Waals surface area contributed by atoms with E-state index in [4.69, 9.17) is 0 Å². The molecule has 0 atom stereocenters. The minimum atomic E-state index is 1.08. The molecule has 0 aliphatic carbocycles. The van der Waals surface area contributed by atoms with Gasteiger partial charge in [0.1, 0.15) is 0 Å². The Morgan fingerprint density at radius 3 is 2.41 bits per heavy atom. The van der Waals surface area contributed by atoms with Crippen LogP contribution in [0.2, 0.25) is 0 Å². The Balaban J connectivity index is 2.13. The Morgan fingerprint density at radius 1 is 0.727 bits per heavy atom. The minimum Gasteiger partial charge on any atom is -0.256 e. The molecule has 0 unspecified atom stereocenters. The first-order valence-corrected chi connectivity index (χ1v) is 7.58. The molecule has 0 fully saturated rings. The summed E-state index contributed by atoms with van der Waals surface area (Å²) < 4.78 is 0. The van der Waals surface area contributed by atoms with Crippen molar-refractivity contribution in [3.8, 4) is 11.1 Å². The Bertz CT molecular complexity index is 999. The van der Waals surface area contributed by atoms with Crippen LogP contribution in [0.25, 0.3) is 32.8 Å². The number of benzene rings is 3. The number of aromatic nitrogens is 1. The molecule has 0 saturated heterocycles. The average Bonchev–Trinajstić information content (AvgIpc) is 2.56. The number of nitrogens with zero attached hydrogens (tertiary/aromatic N) is 1. The van der Waals surface area contributed by atoms with Gasteiger partial charge in [-0.15, -0.1) is 0 Å². The molecular formula is C21H17N. The highest BCUT2D eigenvalue weighted by atomic mass is 14.6. The number of aryl methyl sites for hydroxylation is 2. The molecule has 0 saturated carbocycles. The summed E-state index contributed by atoms with van der Waals surface area (Å²) >= 11 is 0. The third kappa shape index (κ3) is 1.98. The zero-order valence-electron chi connectivity index (χ0n) is 12.8. The van der Waals surface area contributed by atoms with Crippen molar-refractivity contribution in [2.24, 2.45) is 0 Å². The highest BCUT2D eigenvalue weighted by Gasteiger charge is 2.09. The number of rotatable bonds is 1. The zero-order valence-corrected chi connectivity index (χ0v) is 12.8. The Labute approximate surface area is 130 Å². The molecule has 1 heterocycles. The second-order valence-corrected chi connectivity index (χ2v) is 5.84. The molecular weight excluding hydrogens is 266 g/mol.